The summed E-state index contributed by atoms with van der Waals surface area (Å²) < 4.78 is 3.57. The van der Waals surface area contributed by atoms with Crippen molar-refractivity contribution in [1.82, 2.24) is 14.8 Å². The Morgan fingerprint density at radius 2 is 1.83 bits per heavy atom. The minimum Gasteiger partial charge on any atom is -0.385 e. The highest BCUT2D eigenvalue weighted by Crippen LogP contribution is 2.17. The van der Waals surface area contributed by atoms with Crippen molar-refractivity contribution in [2.24, 2.45) is 0 Å². The number of halogens is 2. The summed E-state index contributed by atoms with van der Waals surface area (Å²) in [4.78, 5) is 0. The van der Waals surface area contributed by atoms with Gasteiger partial charge in [0.05, 0.1) is 0 Å². The Hall–Kier alpha value is -1.63. The van der Waals surface area contributed by atoms with Crippen LogP contribution in [0.25, 0.3) is 5.69 Å². The molecule has 0 fully saturated rings. The molecule has 0 amide bonds. The summed E-state index contributed by atoms with van der Waals surface area (Å²) in [5.41, 5.74) is 2.02. The van der Waals surface area contributed by atoms with Gasteiger partial charge in [0.2, 0.25) is 0 Å². The number of aromatic amines is 1. The molecule has 0 radical (unpaired) electrons. The SMILES string of the molecule is S=c1[nH]nc(CCNc2ccc(Cl)cc2)n1-c1ccc(Br)cc1. The van der Waals surface area contributed by atoms with Gasteiger partial charge in [-0.25, -0.2) is 0 Å². The maximum atomic E-state index is 5.88. The minimum atomic E-state index is 0.591. The van der Waals surface area contributed by atoms with Crippen LogP contribution in [-0.4, -0.2) is 21.3 Å². The van der Waals surface area contributed by atoms with Crippen molar-refractivity contribution < 1.29 is 0 Å². The van der Waals surface area contributed by atoms with E-state index in [1.807, 2.05) is 53.1 Å². The third-order valence-electron chi connectivity index (χ3n) is 3.35. The zero-order valence-electron chi connectivity index (χ0n) is 12.1. The molecule has 7 heteroatoms. The topological polar surface area (TPSA) is 45.6 Å². The normalized spacial score (nSPS) is 10.7. The number of benzene rings is 2. The minimum absolute atomic E-state index is 0.591. The van der Waals surface area contributed by atoms with E-state index in [0.29, 0.717) is 4.77 Å². The number of nitrogens with one attached hydrogen (secondary N) is 2. The molecule has 23 heavy (non-hydrogen) atoms. The van der Waals surface area contributed by atoms with Crippen LogP contribution in [0.2, 0.25) is 5.02 Å². The average molecular weight is 410 g/mol. The lowest BCUT2D eigenvalue weighted by Crippen LogP contribution is -2.09. The van der Waals surface area contributed by atoms with Gasteiger partial charge in [-0.1, -0.05) is 27.5 Å². The lowest BCUT2D eigenvalue weighted by Gasteiger charge is -2.09. The van der Waals surface area contributed by atoms with Gasteiger partial charge in [0.15, 0.2) is 4.77 Å². The van der Waals surface area contributed by atoms with Crippen molar-refractivity contribution in [1.29, 1.82) is 0 Å². The molecular formula is C16H14BrClN4S. The quantitative estimate of drug-likeness (QED) is 0.583. The summed E-state index contributed by atoms with van der Waals surface area (Å²) in [6, 6.07) is 15.6. The summed E-state index contributed by atoms with van der Waals surface area (Å²) in [6.45, 7) is 0.748. The van der Waals surface area contributed by atoms with E-state index in [1.54, 1.807) is 0 Å². The van der Waals surface area contributed by atoms with E-state index in [-0.39, 0.29) is 0 Å². The lowest BCUT2D eigenvalue weighted by molar-refractivity contribution is 0.848. The highest BCUT2D eigenvalue weighted by Gasteiger charge is 2.08. The molecule has 4 nitrogen and oxygen atoms in total. The first-order valence-corrected chi connectivity index (χ1v) is 8.63. The fourth-order valence-electron chi connectivity index (χ4n) is 2.24. The number of hydrogen-bond acceptors (Lipinski definition) is 3. The molecule has 2 aromatic carbocycles. The zero-order valence-corrected chi connectivity index (χ0v) is 15.3. The third kappa shape index (κ3) is 4.02. The van der Waals surface area contributed by atoms with Gasteiger partial charge in [0.1, 0.15) is 5.82 Å². The molecule has 2 N–H and O–H groups in total. The maximum absolute atomic E-state index is 5.88. The maximum Gasteiger partial charge on any atom is 0.199 e. The predicted octanol–water partition coefficient (Wildman–Crippen LogP) is 5.00. The second kappa shape index (κ2) is 7.29. The first-order chi connectivity index (χ1) is 11.1. The Kier molecular flexibility index (Phi) is 5.15. The van der Waals surface area contributed by atoms with Gasteiger partial charge in [0, 0.05) is 33.8 Å². The van der Waals surface area contributed by atoms with Crippen LogP contribution >= 0.6 is 39.7 Å². The Bertz CT molecular complexity index is 840. The van der Waals surface area contributed by atoms with Gasteiger partial charge in [-0.3, -0.25) is 9.67 Å². The largest absolute Gasteiger partial charge is 0.385 e. The van der Waals surface area contributed by atoms with Crippen LogP contribution in [0.3, 0.4) is 0 Å². The molecule has 118 valence electrons. The highest BCUT2D eigenvalue weighted by atomic mass is 79.9. The first kappa shape index (κ1) is 16.2. The Morgan fingerprint density at radius 1 is 1.13 bits per heavy atom. The van der Waals surface area contributed by atoms with E-state index in [9.17, 15) is 0 Å². The lowest BCUT2D eigenvalue weighted by atomic mass is 10.3. The zero-order chi connectivity index (χ0) is 16.2. The fraction of sp³-hybridized carbons (Fsp3) is 0.125. The Morgan fingerprint density at radius 3 is 2.52 bits per heavy atom. The van der Waals surface area contributed by atoms with Gasteiger partial charge < -0.3 is 5.32 Å². The summed E-state index contributed by atoms with van der Waals surface area (Å²) in [5, 5.41) is 11.3. The smallest absolute Gasteiger partial charge is 0.199 e. The second-order valence-corrected chi connectivity index (χ2v) is 6.68. The summed E-state index contributed by atoms with van der Waals surface area (Å²) in [5.74, 6) is 0.888. The molecule has 0 aliphatic carbocycles. The van der Waals surface area contributed by atoms with Gasteiger partial charge >= 0.3 is 0 Å². The third-order valence-corrected chi connectivity index (χ3v) is 4.40. The van der Waals surface area contributed by atoms with Crippen molar-refractivity contribution in [3.05, 3.63) is 68.6 Å². The molecule has 0 bridgehead atoms. The van der Waals surface area contributed by atoms with Crippen LogP contribution in [0.1, 0.15) is 5.82 Å². The van der Waals surface area contributed by atoms with Crippen LogP contribution in [0, 0.1) is 4.77 Å². The molecular weight excluding hydrogens is 396 g/mol. The van der Waals surface area contributed by atoms with Gasteiger partial charge in [-0.05, 0) is 60.7 Å². The van der Waals surface area contributed by atoms with Crippen LogP contribution in [0.5, 0.6) is 0 Å². The van der Waals surface area contributed by atoms with Crippen LogP contribution in [0.15, 0.2) is 53.0 Å². The molecule has 1 aromatic heterocycles. The number of nitrogens with zero attached hydrogens (tertiary/aromatic N) is 2. The molecule has 1 heterocycles. The van der Waals surface area contributed by atoms with Gasteiger partial charge in [-0.2, -0.15) is 5.10 Å². The molecule has 0 saturated heterocycles. The number of aromatic nitrogens is 3. The second-order valence-electron chi connectivity index (χ2n) is 4.94. The summed E-state index contributed by atoms with van der Waals surface area (Å²) in [6.07, 6.45) is 0.742. The number of hydrogen-bond donors (Lipinski definition) is 2. The highest BCUT2D eigenvalue weighted by molar-refractivity contribution is 9.10. The van der Waals surface area contributed by atoms with E-state index in [1.165, 1.54) is 0 Å². The average Bonchev–Trinajstić information content (AvgIpc) is 2.91. The standard InChI is InChI=1S/C16H14BrClN4S/c17-11-1-7-14(8-2-11)22-15(20-21-16(22)23)9-10-19-13-5-3-12(18)4-6-13/h1-8,19H,9-10H2,(H,21,23). The van der Waals surface area contributed by atoms with Crippen molar-refractivity contribution in [3.63, 3.8) is 0 Å². The Labute approximate surface area is 152 Å². The molecule has 3 aromatic rings. The first-order valence-electron chi connectivity index (χ1n) is 7.05. The van der Waals surface area contributed by atoms with Crippen molar-refractivity contribution in [2.45, 2.75) is 6.42 Å². The fourth-order valence-corrected chi connectivity index (χ4v) is 2.89. The van der Waals surface area contributed by atoms with E-state index in [2.05, 4.69) is 31.4 Å². The monoisotopic (exact) mass is 408 g/mol. The number of anilines is 1. The van der Waals surface area contributed by atoms with Crippen molar-refractivity contribution >= 4 is 45.4 Å². The van der Waals surface area contributed by atoms with E-state index < -0.39 is 0 Å². The molecule has 0 aliphatic heterocycles. The van der Waals surface area contributed by atoms with Crippen LogP contribution in [0.4, 0.5) is 5.69 Å². The number of rotatable bonds is 5. The summed E-state index contributed by atoms with van der Waals surface area (Å²) >= 11 is 14.7. The molecule has 0 spiro atoms. The van der Waals surface area contributed by atoms with E-state index in [4.69, 9.17) is 23.8 Å². The Balaban J connectivity index is 1.72. The van der Waals surface area contributed by atoms with Gasteiger partial charge in [0.25, 0.3) is 0 Å². The van der Waals surface area contributed by atoms with Crippen LogP contribution in [-0.2, 0) is 6.42 Å². The molecule has 3 rings (SSSR count). The predicted molar refractivity (Wildman–Crippen MR) is 100 cm³/mol. The molecule has 0 aliphatic rings. The van der Waals surface area contributed by atoms with Crippen molar-refractivity contribution in [3.8, 4) is 5.69 Å². The van der Waals surface area contributed by atoms with Gasteiger partial charge in [-0.15, -0.1) is 0 Å². The summed E-state index contributed by atoms with van der Waals surface area (Å²) in [7, 11) is 0. The molecule has 0 unspecified atom stereocenters. The van der Waals surface area contributed by atoms with Crippen LogP contribution < -0.4 is 5.32 Å². The molecule has 0 saturated carbocycles. The molecule has 0 atom stereocenters. The number of H-pyrrole nitrogens is 1. The van der Waals surface area contributed by atoms with Crippen molar-refractivity contribution in [2.75, 3.05) is 11.9 Å². The van der Waals surface area contributed by atoms with E-state index in [0.717, 1.165) is 39.7 Å². The van der Waals surface area contributed by atoms with E-state index >= 15 is 0 Å².